The molecule has 0 amide bonds. The first-order valence-electron chi connectivity index (χ1n) is 13.9. The van der Waals surface area contributed by atoms with E-state index < -0.39 is 0 Å². The van der Waals surface area contributed by atoms with Crippen molar-refractivity contribution in [2.24, 2.45) is 0 Å². The molecule has 4 aromatic carbocycles. The Hall–Kier alpha value is -4.32. The maximum atomic E-state index is 10.4. The second-order valence-corrected chi connectivity index (χ2v) is 10.3. The van der Waals surface area contributed by atoms with E-state index in [4.69, 9.17) is 14.2 Å². The van der Waals surface area contributed by atoms with Gasteiger partial charge in [0.15, 0.2) is 0 Å². The second-order valence-electron chi connectivity index (χ2n) is 10.3. The average molecular weight is 541 g/mol. The molecule has 1 fully saturated rings. The molecular formula is C34H36O6. The molecule has 6 heteroatoms. The Balaban J connectivity index is 1.36. The van der Waals surface area contributed by atoms with Crippen LogP contribution in [0.5, 0.6) is 34.5 Å². The van der Waals surface area contributed by atoms with E-state index in [1.807, 2.05) is 36.4 Å². The lowest BCUT2D eigenvalue weighted by molar-refractivity contribution is 0.269. The van der Waals surface area contributed by atoms with E-state index >= 15 is 0 Å². The van der Waals surface area contributed by atoms with Crippen molar-refractivity contribution in [3.05, 3.63) is 106 Å². The summed E-state index contributed by atoms with van der Waals surface area (Å²) < 4.78 is 18.3. The SMILES string of the molecule is CCc1ccc(O)c(COc2cc(OCc3cc(CC)ccc3O)cc(OCc3cc(C4CC4)ccc3O)c2)c1. The summed E-state index contributed by atoms with van der Waals surface area (Å²) in [5, 5.41) is 31.0. The molecule has 208 valence electrons. The fourth-order valence-electron chi connectivity index (χ4n) is 4.62. The smallest absolute Gasteiger partial charge is 0.127 e. The van der Waals surface area contributed by atoms with Gasteiger partial charge in [0, 0.05) is 34.9 Å². The van der Waals surface area contributed by atoms with Gasteiger partial charge in [-0.25, -0.2) is 0 Å². The molecule has 0 spiro atoms. The third-order valence-electron chi connectivity index (χ3n) is 7.29. The lowest BCUT2D eigenvalue weighted by Crippen LogP contribution is -2.02. The normalized spacial score (nSPS) is 12.8. The Bertz CT molecular complexity index is 1400. The molecule has 0 heterocycles. The molecule has 0 radical (unpaired) electrons. The van der Waals surface area contributed by atoms with Crippen LogP contribution in [-0.4, -0.2) is 15.3 Å². The molecule has 0 aliphatic heterocycles. The van der Waals surface area contributed by atoms with E-state index in [2.05, 4.69) is 13.8 Å². The van der Waals surface area contributed by atoms with Gasteiger partial charge < -0.3 is 29.5 Å². The van der Waals surface area contributed by atoms with Crippen LogP contribution in [0.1, 0.15) is 66.0 Å². The molecule has 0 aromatic heterocycles. The first-order chi connectivity index (χ1) is 19.4. The number of ether oxygens (including phenoxy) is 3. The number of aromatic hydroxyl groups is 3. The van der Waals surface area contributed by atoms with Gasteiger partial charge in [-0.3, -0.25) is 0 Å². The molecule has 0 saturated heterocycles. The number of hydrogen-bond donors (Lipinski definition) is 3. The van der Waals surface area contributed by atoms with Gasteiger partial charge in [-0.1, -0.05) is 32.0 Å². The highest BCUT2D eigenvalue weighted by Gasteiger charge is 2.24. The predicted octanol–water partition coefficient (Wildman–Crippen LogP) is 7.54. The Morgan fingerprint density at radius 2 is 0.950 bits per heavy atom. The largest absolute Gasteiger partial charge is 0.508 e. The highest BCUT2D eigenvalue weighted by molar-refractivity contribution is 5.44. The van der Waals surface area contributed by atoms with Gasteiger partial charge in [0.05, 0.1) is 0 Å². The predicted molar refractivity (Wildman–Crippen MR) is 154 cm³/mol. The summed E-state index contributed by atoms with van der Waals surface area (Å²) in [6, 6.07) is 22.1. The average Bonchev–Trinajstić information content (AvgIpc) is 3.82. The minimum atomic E-state index is 0.173. The summed E-state index contributed by atoms with van der Waals surface area (Å²) in [5.74, 6) is 2.67. The van der Waals surface area contributed by atoms with E-state index in [9.17, 15) is 15.3 Å². The Labute approximate surface area is 235 Å². The van der Waals surface area contributed by atoms with Crippen molar-refractivity contribution in [2.45, 2.75) is 65.3 Å². The molecule has 1 aliphatic rings. The molecule has 4 aromatic rings. The summed E-state index contributed by atoms with van der Waals surface area (Å²) in [6.07, 6.45) is 4.07. The monoisotopic (exact) mass is 540 g/mol. The van der Waals surface area contributed by atoms with Crippen molar-refractivity contribution in [1.82, 2.24) is 0 Å². The van der Waals surface area contributed by atoms with Crippen molar-refractivity contribution in [3.8, 4) is 34.5 Å². The summed E-state index contributed by atoms with van der Waals surface area (Å²) in [4.78, 5) is 0. The number of phenolic OH excluding ortho intramolecular Hbond substituents is 3. The fraction of sp³-hybridized carbons (Fsp3) is 0.294. The molecule has 1 aliphatic carbocycles. The van der Waals surface area contributed by atoms with E-state index in [1.165, 1.54) is 18.4 Å². The molecular weight excluding hydrogens is 504 g/mol. The summed E-state index contributed by atoms with van der Waals surface area (Å²) >= 11 is 0. The third-order valence-corrected chi connectivity index (χ3v) is 7.29. The Kier molecular flexibility index (Phi) is 8.34. The molecule has 1 saturated carbocycles. The van der Waals surface area contributed by atoms with Crippen LogP contribution in [0.3, 0.4) is 0 Å². The van der Waals surface area contributed by atoms with Crippen LogP contribution in [0.15, 0.2) is 72.8 Å². The van der Waals surface area contributed by atoms with Crippen LogP contribution in [0.4, 0.5) is 0 Å². The van der Waals surface area contributed by atoms with Crippen molar-refractivity contribution >= 4 is 0 Å². The zero-order valence-corrected chi connectivity index (χ0v) is 23.0. The summed E-state index contributed by atoms with van der Waals surface area (Å²) in [6.45, 7) is 4.66. The van der Waals surface area contributed by atoms with Gasteiger partial charge in [-0.15, -0.1) is 0 Å². The molecule has 40 heavy (non-hydrogen) atoms. The van der Waals surface area contributed by atoms with E-state index in [0.29, 0.717) is 34.3 Å². The highest BCUT2D eigenvalue weighted by Crippen LogP contribution is 2.41. The van der Waals surface area contributed by atoms with Gasteiger partial charge in [-0.05, 0) is 84.7 Å². The van der Waals surface area contributed by atoms with E-state index in [1.54, 1.807) is 36.4 Å². The highest BCUT2D eigenvalue weighted by atomic mass is 16.5. The lowest BCUT2D eigenvalue weighted by atomic mass is 10.1. The zero-order valence-electron chi connectivity index (χ0n) is 23.0. The van der Waals surface area contributed by atoms with Crippen LogP contribution in [0, 0.1) is 0 Å². The van der Waals surface area contributed by atoms with Crippen LogP contribution >= 0.6 is 0 Å². The van der Waals surface area contributed by atoms with Crippen molar-refractivity contribution in [1.29, 1.82) is 0 Å². The first-order valence-corrected chi connectivity index (χ1v) is 13.9. The summed E-state index contributed by atoms with van der Waals surface area (Å²) in [7, 11) is 0. The van der Waals surface area contributed by atoms with Gasteiger partial charge in [0.25, 0.3) is 0 Å². The van der Waals surface area contributed by atoms with Crippen molar-refractivity contribution in [2.75, 3.05) is 0 Å². The topological polar surface area (TPSA) is 88.4 Å². The maximum Gasteiger partial charge on any atom is 0.127 e. The Morgan fingerprint density at radius 3 is 1.35 bits per heavy atom. The minimum absolute atomic E-state index is 0.173. The number of phenols is 3. The third kappa shape index (κ3) is 6.81. The molecule has 0 unspecified atom stereocenters. The van der Waals surface area contributed by atoms with Gasteiger partial charge in [0.2, 0.25) is 0 Å². The number of aryl methyl sites for hydroxylation is 2. The quantitative estimate of drug-likeness (QED) is 0.172. The van der Waals surface area contributed by atoms with E-state index in [0.717, 1.165) is 29.5 Å². The Morgan fingerprint density at radius 1 is 0.550 bits per heavy atom. The number of rotatable bonds is 12. The van der Waals surface area contributed by atoms with Crippen molar-refractivity contribution < 1.29 is 29.5 Å². The lowest BCUT2D eigenvalue weighted by Gasteiger charge is -2.15. The molecule has 3 N–H and O–H groups in total. The summed E-state index contributed by atoms with van der Waals surface area (Å²) in [5.41, 5.74) is 5.55. The zero-order chi connectivity index (χ0) is 28.1. The minimum Gasteiger partial charge on any atom is -0.508 e. The molecule has 0 bridgehead atoms. The second kappa shape index (κ2) is 12.2. The fourth-order valence-corrected chi connectivity index (χ4v) is 4.62. The maximum absolute atomic E-state index is 10.4. The van der Waals surface area contributed by atoms with E-state index in [-0.39, 0.29) is 37.1 Å². The van der Waals surface area contributed by atoms with Crippen LogP contribution in [0.2, 0.25) is 0 Å². The number of benzene rings is 4. The number of hydrogen-bond acceptors (Lipinski definition) is 6. The molecule has 6 nitrogen and oxygen atoms in total. The standard InChI is InChI=1S/C34H36O6/c1-3-22-5-10-32(35)26(13-22)19-38-29-16-30(39-20-27-14-23(4-2)6-11-33(27)36)18-31(17-29)40-21-28-15-25(24-7-8-24)9-12-34(28)37/h5-6,9-18,24,35-37H,3-4,7-8,19-21H2,1-2H3. The molecule has 0 atom stereocenters. The molecule has 5 rings (SSSR count). The van der Waals surface area contributed by atoms with Gasteiger partial charge in [-0.2, -0.15) is 0 Å². The van der Waals surface area contributed by atoms with Gasteiger partial charge in [0.1, 0.15) is 54.3 Å². The van der Waals surface area contributed by atoms with Crippen molar-refractivity contribution in [3.63, 3.8) is 0 Å². The first kappa shape index (κ1) is 27.3. The van der Waals surface area contributed by atoms with Gasteiger partial charge >= 0.3 is 0 Å². The van der Waals surface area contributed by atoms with Crippen LogP contribution in [0.25, 0.3) is 0 Å². The van der Waals surface area contributed by atoms with Crippen LogP contribution < -0.4 is 14.2 Å². The van der Waals surface area contributed by atoms with Crippen LogP contribution in [-0.2, 0) is 32.7 Å².